The van der Waals surface area contributed by atoms with Gasteiger partial charge in [-0.05, 0) is 43.2 Å². The number of aromatic nitrogens is 2. The van der Waals surface area contributed by atoms with Gasteiger partial charge in [-0.25, -0.2) is 9.13 Å². The first kappa shape index (κ1) is 24.3. The average Bonchev–Trinajstić information content (AvgIpc) is 3.29. The molecule has 2 aromatic carbocycles. The zero-order valence-corrected chi connectivity index (χ0v) is 20.5. The number of imidazole rings is 1. The van der Waals surface area contributed by atoms with Crippen LogP contribution in [-0.4, -0.2) is 4.57 Å². The molecule has 0 bridgehead atoms. The summed E-state index contributed by atoms with van der Waals surface area (Å²) in [6, 6.07) is 22.7. The van der Waals surface area contributed by atoms with E-state index in [0.717, 1.165) is 13.0 Å². The SMILES string of the molecule is CCCCCCC(n1cc[n+](CCCCC)c1)C(C)(Cc1ccccc1)c1ccccc1. The average molecular weight is 432 g/mol. The van der Waals surface area contributed by atoms with E-state index >= 15 is 0 Å². The molecule has 2 unspecified atom stereocenters. The molecule has 0 aliphatic rings. The highest BCUT2D eigenvalue weighted by molar-refractivity contribution is 5.30. The lowest BCUT2D eigenvalue weighted by molar-refractivity contribution is -0.697. The number of nitrogens with zero attached hydrogens (tertiary/aromatic N) is 2. The summed E-state index contributed by atoms with van der Waals surface area (Å²) in [6.07, 6.45) is 18.3. The minimum atomic E-state index is 0.0229. The fraction of sp³-hybridized carbons (Fsp3) is 0.500. The van der Waals surface area contributed by atoms with Crippen LogP contribution in [0.1, 0.15) is 89.3 Å². The third kappa shape index (κ3) is 6.58. The Morgan fingerprint density at radius 3 is 2.16 bits per heavy atom. The number of hydrogen-bond donors (Lipinski definition) is 0. The van der Waals surface area contributed by atoms with Crippen LogP contribution in [0.3, 0.4) is 0 Å². The molecule has 1 aromatic heterocycles. The molecule has 0 amide bonds. The van der Waals surface area contributed by atoms with Crippen LogP contribution in [0.15, 0.2) is 79.4 Å². The van der Waals surface area contributed by atoms with Crippen molar-refractivity contribution in [3.8, 4) is 0 Å². The molecule has 0 fully saturated rings. The van der Waals surface area contributed by atoms with E-state index in [0.29, 0.717) is 6.04 Å². The van der Waals surface area contributed by atoms with Gasteiger partial charge in [0.2, 0.25) is 6.33 Å². The lowest BCUT2D eigenvalue weighted by Gasteiger charge is -2.37. The third-order valence-corrected chi connectivity index (χ3v) is 7.01. The molecule has 0 spiro atoms. The number of unbranched alkanes of at least 4 members (excludes halogenated alkanes) is 5. The van der Waals surface area contributed by atoms with Crippen molar-refractivity contribution in [3.63, 3.8) is 0 Å². The molecule has 0 N–H and O–H groups in total. The third-order valence-electron chi connectivity index (χ3n) is 7.01. The van der Waals surface area contributed by atoms with Gasteiger partial charge in [-0.3, -0.25) is 0 Å². The fourth-order valence-electron chi connectivity index (χ4n) is 5.08. The number of aryl methyl sites for hydroxylation is 1. The molecule has 3 rings (SSSR count). The van der Waals surface area contributed by atoms with Crippen molar-refractivity contribution in [1.29, 1.82) is 0 Å². The smallest absolute Gasteiger partial charge is 0.237 e. The highest BCUT2D eigenvalue weighted by Gasteiger charge is 2.40. The molecule has 1 heterocycles. The van der Waals surface area contributed by atoms with Gasteiger partial charge in [-0.2, -0.15) is 0 Å². The molecule has 0 saturated carbocycles. The van der Waals surface area contributed by atoms with Crippen molar-refractivity contribution in [2.24, 2.45) is 0 Å². The Kier molecular flexibility index (Phi) is 9.59. The van der Waals surface area contributed by atoms with E-state index in [1.807, 2.05) is 0 Å². The van der Waals surface area contributed by atoms with Crippen LogP contribution in [0.4, 0.5) is 0 Å². The lowest BCUT2D eigenvalue weighted by Crippen LogP contribution is -2.38. The molecule has 172 valence electrons. The van der Waals surface area contributed by atoms with Gasteiger partial charge in [-0.15, -0.1) is 0 Å². The summed E-state index contributed by atoms with van der Waals surface area (Å²) in [5.41, 5.74) is 2.88. The van der Waals surface area contributed by atoms with Gasteiger partial charge >= 0.3 is 0 Å². The summed E-state index contributed by atoms with van der Waals surface area (Å²) >= 11 is 0. The summed E-state index contributed by atoms with van der Waals surface area (Å²) in [5.74, 6) is 0. The Morgan fingerprint density at radius 2 is 1.47 bits per heavy atom. The van der Waals surface area contributed by atoms with Crippen LogP contribution in [0.25, 0.3) is 0 Å². The molecule has 0 radical (unpaired) electrons. The highest BCUT2D eigenvalue weighted by atomic mass is 15.1. The van der Waals surface area contributed by atoms with Gasteiger partial charge in [0, 0.05) is 5.41 Å². The van der Waals surface area contributed by atoms with Crippen molar-refractivity contribution < 1.29 is 4.57 Å². The van der Waals surface area contributed by atoms with Gasteiger partial charge < -0.3 is 0 Å². The molecule has 32 heavy (non-hydrogen) atoms. The van der Waals surface area contributed by atoms with E-state index in [2.05, 4.69) is 109 Å². The van der Waals surface area contributed by atoms with E-state index in [-0.39, 0.29) is 5.41 Å². The van der Waals surface area contributed by atoms with E-state index in [4.69, 9.17) is 0 Å². The van der Waals surface area contributed by atoms with Gasteiger partial charge in [-0.1, -0.05) is 107 Å². The van der Waals surface area contributed by atoms with Crippen molar-refractivity contribution in [2.75, 3.05) is 0 Å². The van der Waals surface area contributed by atoms with Crippen molar-refractivity contribution in [3.05, 3.63) is 90.5 Å². The van der Waals surface area contributed by atoms with Crippen LogP contribution >= 0.6 is 0 Å². The van der Waals surface area contributed by atoms with Crippen LogP contribution in [-0.2, 0) is 18.4 Å². The first-order valence-corrected chi connectivity index (χ1v) is 12.8. The fourth-order valence-corrected chi connectivity index (χ4v) is 5.08. The van der Waals surface area contributed by atoms with E-state index in [1.54, 1.807) is 0 Å². The van der Waals surface area contributed by atoms with E-state index < -0.39 is 0 Å². The second-order valence-electron chi connectivity index (χ2n) is 9.62. The zero-order chi connectivity index (χ0) is 22.7. The van der Waals surface area contributed by atoms with E-state index in [1.165, 1.54) is 62.5 Å². The van der Waals surface area contributed by atoms with E-state index in [9.17, 15) is 0 Å². The molecule has 3 aromatic rings. The summed E-state index contributed by atoms with van der Waals surface area (Å²) in [6.45, 7) is 8.18. The topological polar surface area (TPSA) is 8.81 Å². The number of rotatable bonds is 14. The molecule has 0 saturated heterocycles. The molecule has 0 aliphatic carbocycles. The molecule has 2 nitrogen and oxygen atoms in total. The van der Waals surface area contributed by atoms with Crippen LogP contribution in [0.5, 0.6) is 0 Å². The second kappa shape index (κ2) is 12.6. The quantitative estimate of drug-likeness (QED) is 0.183. The normalized spacial score (nSPS) is 14.2. The van der Waals surface area contributed by atoms with Crippen LogP contribution in [0, 0.1) is 0 Å². The summed E-state index contributed by atoms with van der Waals surface area (Å²) < 4.78 is 4.91. The second-order valence-corrected chi connectivity index (χ2v) is 9.62. The zero-order valence-electron chi connectivity index (χ0n) is 20.5. The first-order valence-electron chi connectivity index (χ1n) is 12.8. The molecule has 2 heteroatoms. The molecular weight excluding hydrogens is 388 g/mol. The number of benzene rings is 2. The maximum Gasteiger partial charge on any atom is 0.244 e. The Morgan fingerprint density at radius 1 is 0.812 bits per heavy atom. The van der Waals surface area contributed by atoms with Crippen LogP contribution < -0.4 is 4.57 Å². The minimum absolute atomic E-state index is 0.0229. The summed E-state index contributed by atoms with van der Waals surface area (Å²) in [7, 11) is 0. The lowest BCUT2D eigenvalue weighted by atomic mass is 9.70. The Hall–Kier alpha value is -2.35. The summed E-state index contributed by atoms with van der Waals surface area (Å²) in [4.78, 5) is 0. The van der Waals surface area contributed by atoms with Crippen molar-refractivity contribution >= 4 is 0 Å². The number of hydrogen-bond acceptors (Lipinski definition) is 0. The minimum Gasteiger partial charge on any atom is -0.237 e. The molecule has 0 aliphatic heterocycles. The Bertz CT molecular complexity index is 883. The van der Waals surface area contributed by atoms with Gasteiger partial charge in [0.25, 0.3) is 0 Å². The largest absolute Gasteiger partial charge is 0.244 e. The van der Waals surface area contributed by atoms with Gasteiger partial charge in [0.1, 0.15) is 18.4 Å². The predicted octanol–water partition coefficient (Wildman–Crippen LogP) is 7.68. The molecular formula is C30H43N2+. The summed E-state index contributed by atoms with van der Waals surface area (Å²) in [5, 5.41) is 0. The molecule has 2 atom stereocenters. The first-order chi connectivity index (χ1) is 15.7. The van der Waals surface area contributed by atoms with Crippen LogP contribution in [0.2, 0.25) is 0 Å². The standard InChI is InChI=1S/C30H43N2/c1-4-6-8-15-21-29(32-24-23-31(26-32)22-16-7-5-2)30(3,28-19-13-10-14-20-28)25-27-17-11-9-12-18-27/h9-14,17-20,23-24,26,29H,4-8,15-16,21-22,25H2,1-3H3/q+1. The van der Waals surface area contributed by atoms with Crippen molar-refractivity contribution in [2.45, 2.75) is 96.6 Å². The Labute approximate surface area is 196 Å². The maximum atomic E-state index is 2.52. The van der Waals surface area contributed by atoms with Gasteiger partial charge in [0.15, 0.2) is 0 Å². The maximum absolute atomic E-state index is 2.52. The van der Waals surface area contributed by atoms with Crippen molar-refractivity contribution in [1.82, 2.24) is 4.57 Å². The predicted molar refractivity (Wildman–Crippen MR) is 136 cm³/mol. The monoisotopic (exact) mass is 431 g/mol. The van der Waals surface area contributed by atoms with Gasteiger partial charge in [0.05, 0.1) is 6.54 Å². The Balaban J connectivity index is 1.95. The highest BCUT2D eigenvalue weighted by Crippen LogP contribution is 2.41.